The van der Waals surface area contributed by atoms with Crippen LogP contribution in [0.2, 0.25) is 0 Å². The second-order valence-electron chi connectivity index (χ2n) is 3.86. The van der Waals surface area contributed by atoms with Crippen LogP contribution in [0.1, 0.15) is 23.7 Å². The number of hydrogen-bond donors (Lipinski definition) is 1. The Morgan fingerprint density at radius 2 is 2.24 bits per heavy atom. The van der Waals surface area contributed by atoms with Gasteiger partial charge in [0, 0.05) is 22.0 Å². The molecule has 0 aliphatic rings. The van der Waals surface area contributed by atoms with E-state index in [1.54, 1.807) is 11.3 Å². The summed E-state index contributed by atoms with van der Waals surface area (Å²) in [5.41, 5.74) is 0.741. The Balaban J connectivity index is 2.14. The lowest BCUT2D eigenvalue weighted by Gasteiger charge is -2.07. The number of alkyl halides is 1. The predicted octanol–water partition coefficient (Wildman–Crippen LogP) is 3.65. The Kier molecular flexibility index (Phi) is 4.02. The quantitative estimate of drug-likeness (QED) is 0.842. The summed E-state index contributed by atoms with van der Waals surface area (Å²) in [6, 6.07) is 7.92. The van der Waals surface area contributed by atoms with Gasteiger partial charge in [-0.1, -0.05) is 25.1 Å². The molecule has 2 aromatic rings. The molecule has 1 unspecified atom stereocenters. The normalized spacial score (nSPS) is 12.6. The first-order valence-electron chi connectivity index (χ1n) is 5.61. The molecule has 0 saturated carbocycles. The van der Waals surface area contributed by atoms with Crippen molar-refractivity contribution < 1.29 is 4.79 Å². The molecule has 0 aliphatic carbocycles. The summed E-state index contributed by atoms with van der Waals surface area (Å²) in [5, 5.41) is 5.78. The molecule has 0 saturated heterocycles. The zero-order valence-electron chi connectivity index (χ0n) is 9.57. The smallest absolute Gasteiger partial charge is 0.252 e. The standard InChI is InChI=1S/C13H14ClNOS/c1-2-9(14)7-15-13(16)11-8-17-12-6-4-3-5-10(11)12/h3-6,8-9H,2,7H2,1H3,(H,15,16). The minimum Gasteiger partial charge on any atom is -0.351 e. The fraction of sp³-hybridized carbons (Fsp3) is 0.308. The second kappa shape index (κ2) is 5.52. The lowest BCUT2D eigenvalue weighted by molar-refractivity contribution is 0.0955. The van der Waals surface area contributed by atoms with Crippen LogP contribution in [-0.2, 0) is 0 Å². The molecule has 0 spiro atoms. The van der Waals surface area contributed by atoms with Gasteiger partial charge in [0.2, 0.25) is 0 Å². The van der Waals surface area contributed by atoms with Crippen molar-refractivity contribution in [2.75, 3.05) is 6.54 Å². The molecule has 90 valence electrons. The molecule has 2 nitrogen and oxygen atoms in total. The summed E-state index contributed by atoms with van der Waals surface area (Å²) in [6.45, 7) is 2.52. The van der Waals surface area contributed by atoms with Crippen molar-refractivity contribution in [3.63, 3.8) is 0 Å². The Morgan fingerprint density at radius 1 is 1.47 bits per heavy atom. The van der Waals surface area contributed by atoms with Crippen LogP contribution in [0.25, 0.3) is 10.1 Å². The van der Waals surface area contributed by atoms with Crippen molar-refractivity contribution in [2.24, 2.45) is 0 Å². The number of carbonyl (C=O) groups excluding carboxylic acids is 1. The average Bonchev–Trinajstić information content (AvgIpc) is 2.79. The third kappa shape index (κ3) is 2.79. The van der Waals surface area contributed by atoms with Gasteiger partial charge in [0.15, 0.2) is 0 Å². The Labute approximate surface area is 110 Å². The lowest BCUT2D eigenvalue weighted by Crippen LogP contribution is -2.29. The number of rotatable bonds is 4. The summed E-state index contributed by atoms with van der Waals surface area (Å²) < 4.78 is 1.13. The van der Waals surface area contributed by atoms with Crippen LogP contribution in [0, 0.1) is 0 Å². The Morgan fingerprint density at radius 3 is 3.00 bits per heavy atom. The van der Waals surface area contributed by atoms with E-state index in [-0.39, 0.29) is 11.3 Å². The Bertz CT molecular complexity index is 523. The molecule has 1 heterocycles. The number of halogens is 1. The Hall–Kier alpha value is -1.06. The fourth-order valence-corrected chi connectivity index (χ4v) is 2.61. The van der Waals surface area contributed by atoms with Crippen molar-refractivity contribution in [2.45, 2.75) is 18.7 Å². The van der Waals surface area contributed by atoms with E-state index in [1.807, 2.05) is 36.6 Å². The van der Waals surface area contributed by atoms with Crippen LogP contribution in [0.5, 0.6) is 0 Å². The maximum Gasteiger partial charge on any atom is 0.252 e. The van der Waals surface area contributed by atoms with Gasteiger partial charge in [-0.05, 0) is 12.5 Å². The number of benzene rings is 1. The third-order valence-electron chi connectivity index (χ3n) is 2.65. The van der Waals surface area contributed by atoms with Gasteiger partial charge >= 0.3 is 0 Å². The van der Waals surface area contributed by atoms with Gasteiger partial charge < -0.3 is 5.32 Å². The van der Waals surface area contributed by atoms with Crippen molar-refractivity contribution >= 4 is 38.9 Å². The number of fused-ring (bicyclic) bond motifs is 1. The molecule has 1 aromatic carbocycles. The van der Waals surface area contributed by atoms with E-state index in [1.165, 1.54) is 0 Å². The summed E-state index contributed by atoms with van der Waals surface area (Å²) >= 11 is 7.57. The molecule has 0 aliphatic heterocycles. The highest BCUT2D eigenvalue weighted by atomic mass is 35.5. The van der Waals surface area contributed by atoms with Gasteiger partial charge in [-0.15, -0.1) is 22.9 Å². The molecule has 17 heavy (non-hydrogen) atoms. The van der Waals surface area contributed by atoms with Gasteiger partial charge in [-0.2, -0.15) is 0 Å². The first-order valence-corrected chi connectivity index (χ1v) is 6.92. The van der Waals surface area contributed by atoms with Crippen LogP contribution >= 0.6 is 22.9 Å². The van der Waals surface area contributed by atoms with Gasteiger partial charge in [0.05, 0.1) is 10.9 Å². The van der Waals surface area contributed by atoms with Crippen LogP contribution in [0.3, 0.4) is 0 Å². The summed E-state index contributed by atoms with van der Waals surface area (Å²) in [7, 11) is 0. The summed E-state index contributed by atoms with van der Waals surface area (Å²) in [5.74, 6) is -0.0402. The van der Waals surface area contributed by atoms with Crippen molar-refractivity contribution in [1.82, 2.24) is 5.32 Å². The number of nitrogens with one attached hydrogen (secondary N) is 1. The van der Waals surface area contributed by atoms with Crippen LogP contribution in [0.4, 0.5) is 0 Å². The molecular formula is C13H14ClNOS. The topological polar surface area (TPSA) is 29.1 Å². The van der Waals surface area contributed by atoms with E-state index >= 15 is 0 Å². The molecule has 0 fully saturated rings. The first kappa shape index (κ1) is 12.4. The highest BCUT2D eigenvalue weighted by Crippen LogP contribution is 2.25. The van der Waals surface area contributed by atoms with E-state index in [4.69, 9.17) is 11.6 Å². The third-order valence-corrected chi connectivity index (χ3v) is 4.08. The predicted molar refractivity (Wildman–Crippen MR) is 74.1 cm³/mol. The number of thiophene rings is 1. The van der Waals surface area contributed by atoms with E-state index in [2.05, 4.69) is 5.32 Å². The van der Waals surface area contributed by atoms with E-state index < -0.39 is 0 Å². The van der Waals surface area contributed by atoms with Gasteiger partial charge in [0.1, 0.15) is 0 Å². The minimum absolute atomic E-state index is 0.00356. The van der Waals surface area contributed by atoms with Crippen molar-refractivity contribution in [1.29, 1.82) is 0 Å². The first-order chi connectivity index (χ1) is 8.22. The van der Waals surface area contributed by atoms with E-state index in [9.17, 15) is 4.79 Å². The molecule has 1 aromatic heterocycles. The molecular weight excluding hydrogens is 254 g/mol. The zero-order chi connectivity index (χ0) is 12.3. The van der Waals surface area contributed by atoms with Gasteiger partial charge in [-0.3, -0.25) is 4.79 Å². The monoisotopic (exact) mass is 267 g/mol. The molecule has 1 atom stereocenters. The number of hydrogen-bond acceptors (Lipinski definition) is 2. The molecule has 0 bridgehead atoms. The number of amides is 1. The molecule has 1 amide bonds. The molecule has 2 rings (SSSR count). The lowest BCUT2D eigenvalue weighted by atomic mass is 10.1. The highest BCUT2D eigenvalue weighted by molar-refractivity contribution is 7.17. The van der Waals surface area contributed by atoms with Crippen LogP contribution in [-0.4, -0.2) is 17.8 Å². The molecule has 4 heteroatoms. The summed E-state index contributed by atoms with van der Waals surface area (Å²) in [6.07, 6.45) is 0.853. The fourth-order valence-electron chi connectivity index (χ4n) is 1.60. The SMILES string of the molecule is CCC(Cl)CNC(=O)c1csc2ccccc12. The van der Waals surface area contributed by atoms with Crippen LogP contribution in [0.15, 0.2) is 29.6 Å². The maximum absolute atomic E-state index is 12.0. The molecule has 0 radical (unpaired) electrons. The largest absolute Gasteiger partial charge is 0.351 e. The highest BCUT2D eigenvalue weighted by Gasteiger charge is 2.12. The van der Waals surface area contributed by atoms with E-state index in [0.717, 1.165) is 22.1 Å². The maximum atomic E-state index is 12.0. The van der Waals surface area contributed by atoms with Gasteiger partial charge in [0.25, 0.3) is 5.91 Å². The van der Waals surface area contributed by atoms with Crippen molar-refractivity contribution in [3.8, 4) is 0 Å². The average molecular weight is 268 g/mol. The van der Waals surface area contributed by atoms with Crippen LogP contribution < -0.4 is 5.32 Å². The number of carbonyl (C=O) groups is 1. The van der Waals surface area contributed by atoms with Gasteiger partial charge in [-0.25, -0.2) is 0 Å². The zero-order valence-corrected chi connectivity index (χ0v) is 11.1. The van der Waals surface area contributed by atoms with Crippen molar-refractivity contribution in [3.05, 3.63) is 35.2 Å². The minimum atomic E-state index is -0.0402. The second-order valence-corrected chi connectivity index (χ2v) is 5.39. The molecule has 1 N–H and O–H groups in total. The van der Waals surface area contributed by atoms with E-state index in [0.29, 0.717) is 6.54 Å². The summed E-state index contributed by atoms with van der Waals surface area (Å²) in [4.78, 5) is 12.0.